The van der Waals surface area contributed by atoms with E-state index in [0.717, 1.165) is 12.7 Å². The molecule has 0 spiro atoms. The fraction of sp³-hybridized carbons (Fsp3) is 0.562. The molecule has 0 aliphatic carbocycles. The van der Waals surface area contributed by atoms with Gasteiger partial charge in [0, 0.05) is 10.8 Å². The van der Waals surface area contributed by atoms with Crippen molar-refractivity contribution in [2.24, 2.45) is 5.92 Å². The molecular formula is C16H24OS. The molecule has 0 radical (unpaired) electrons. The molecule has 0 aliphatic rings. The Balaban J connectivity index is 2.29. The molecule has 0 fully saturated rings. The molecule has 1 nitrogen and oxygen atoms in total. The summed E-state index contributed by atoms with van der Waals surface area (Å²) in [7, 11) is 0. The predicted octanol–water partition coefficient (Wildman–Crippen LogP) is 4.74. The smallest absolute Gasteiger partial charge is 0.123 e. The van der Waals surface area contributed by atoms with Crippen molar-refractivity contribution in [2.75, 3.05) is 5.75 Å². The summed E-state index contributed by atoms with van der Waals surface area (Å²) in [6, 6.07) is 8.65. The summed E-state index contributed by atoms with van der Waals surface area (Å²) in [5.41, 5.74) is 1.25. The minimum absolute atomic E-state index is 0.123. The molecule has 2 heteroatoms. The van der Waals surface area contributed by atoms with Gasteiger partial charge in [-0.15, -0.1) is 11.8 Å². The third-order valence-corrected chi connectivity index (χ3v) is 4.08. The number of carbonyl (C=O) groups is 1. The molecule has 0 heterocycles. The van der Waals surface area contributed by atoms with E-state index in [1.807, 2.05) is 18.7 Å². The zero-order valence-electron chi connectivity index (χ0n) is 11.5. The summed E-state index contributed by atoms with van der Waals surface area (Å²) in [4.78, 5) is 11.9. The summed E-state index contributed by atoms with van der Waals surface area (Å²) in [6.45, 7) is 4.20. The van der Waals surface area contributed by atoms with E-state index in [1.165, 1.54) is 41.9 Å². The standard InChI is InChI=1S/C16H24OS/c1-3-4-5-6-11-18-16-9-7-15(8-10-16)12-14(2)13-17/h7-10,13-14H,3-6,11-12H2,1-2H3. The normalized spacial score (nSPS) is 12.3. The van der Waals surface area contributed by atoms with E-state index in [-0.39, 0.29) is 5.92 Å². The van der Waals surface area contributed by atoms with Crippen LogP contribution in [0.5, 0.6) is 0 Å². The van der Waals surface area contributed by atoms with Gasteiger partial charge in [0.2, 0.25) is 0 Å². The molecule has 0 bridgehead atoms. The van der Waals surface area contributed by atoms with Crippen molar-refractivity contribution in [3.8, 4) is 0 Å². The first-order chi connectivity index (χ1) is 8.76. The van der Waals surface area contributed by atoms with Gasteiger partial charge >= 0.3 is 0 Å². The van der Waals surface area contributed by atoms with E-state index < -0.39 is 0 Å². The molecule has 0 amide bonds. The van der Waals surface area contributed by atoms with Crippen molar-refractivity contribution in [1.29, 1.82) is 0 Å². The number of benzene rings is 1. The van der Waals surface area contributed by atoms with Gasteiger partial charge in [-0.1, -0.05) is 45.2 Å². The Hall–Kier alpha value is -0.760. The summed E-state index contributed by atoms with van der Waals surface area (Å²) < 4.78 is 0. The van der Waals surface area contributed by atoms with Crippen molar-refractivity contribution in [3.63, 3.8) is 0 Å². The lowest BCUT2D eigenvalue weighted by Crippen LogP contribution is -2.00. The summed E-state index contributed by atoms with van der Waals surface area (Å²) in [5, 5.41) is 0. The van der Waals surface area contributed by atoms with E-state index in [1.54, 1.807) is 0 Å². The molecule has 18 heavy (non-hydrogen) atoms. The zero-order valence-corrected chi connectivity index (χ0v) is 12.3. The van der Waals surface area contributed by atoms with Gasteiger partial charge in [-0.3, -0.25) is 0 Å². The average molecular weight is 264 g/mol. The van der Waals surface area contributed by atoms with Crippen molar-refractivity contribution in [1.82, 2.24) is 0 Å². The quantitative estimate of drug-likeness (QED) is 0.364. The number of aldehydes is 1. The van der Waals surface area contributed by atoms with Crippen LogP contribution >= 0.6 is 11.8 Å². The van der Waals surface area contributed by atoms with Crippen LogP contribution in [0.15, 0.2) is 29.2 Å². The van der Waals surface area contributed by atoms with Crippen LogP contribution in [0, 0.1) is 5.92 Å². The van der Waals surface area contributed by atoms with Gasteiger partial charge in [-0.2, -0.15) is 0 Å². The maximum Gasteiger partial charge on any atom is 0.123 e. The summed E-state index contributed by atoms with van der Waals surface area (Å²) >= 11 is 1.93. The van der Waals surface area contributed by atoms with Gasteiger partial charge in [0.1, 0.15) is 6.29 Å². The van der Waals surface area contributed by atoms with Gasteiger partial charge in [-0.05, 0) is 36.3 Å². The molecule has 1 aromatic carbocycles. The highest BCUT2D eigenvalue weighted by molar-refractivity contribution is 7.99. The molecule has 1 aromatic rings. The van der Waals surface area contributed by atoms with Gasteiger partial charge in [0.05, 0.1) is 0 Å². The number of rotatable bonds is 9. The molecule has 0 saturated carbocycles. The second-order valence-corrected chi connectivity index (χ2v) is 6.04. The highest BCUT2D eigenvalue weighted by Gasteiger charge is 2.02. The van der Waals surface area contributed by atoms with E-state index >= 15 is 0 Å². The van der Waals surface area contributed by atoms with Crippen LogP contribution in [0.4, 0.5) is 0 Å². The van der Waals surface area contributed by atoms with Gasteiger partial charge in [0.25, 0.3) is 0 Å². The molecule has 0 saturated heterocycles. The molecule has 1 rings (SSSR count). The van der Waals surface area contributed by atoms with Gasteiger partial charge < -0.3 is 4.79 Å². The number of carbonyl (C=O) groups excluding carboxylic acids is 1. The maximum absolute atomic E-state index is 10.6. The van der Waals surface area contributed by atoms with Crippen LogP contribution in [0.3, 0.4) is 0 Å². The Morgan fingerprint density at radius 1 is 1.17 bits per heavy atom. The Morgan fingerprint density at radius 3 is 2.50 bits per heavy atom. The number of hydrogen-bond acceptors (Lipinski definition) is 2. The van der Waals surface area contributed by atoms with Crippen molar-refractivity contribution in [2.45, 2.75) is 50.8 Å². The second kappa shape index (κ2) is 9.21. The maximum atomic E-state index is 10.6. The lowest BCUT2D eigenvalue weighted by atomic mass is 10.0. The highest BCUT2D eigenvalue weighted by atomic mass is 32.2. The topological polar surface area (TPSA) is 17.1 Å². The zero-order chi connectivity index (χ0) is 13.2. The lowest BCUT2D eigenvalue weighted by Gasteiger charge is -2.06. The lowest BCUT2D eigenvalue weighted by molar-refractivity contribution is -0.110. The first-order valence-corrected chi connectivity index (χ1v) is 7.92. The van der Waals surface area contributed by atoms with Crippen LogP contribution in [0.2, 0.25) is 0 Å². The summed E-state index contributed by atoms with van der Waals surface area (Å²) in [6.07, 6.45) is 7.18. The third-order valence-electron chi connectivity index (χ3n) is 2.98. The van der Waals surface area contributed by atoms with E-state index in [2.05, 4.69) is 31.2 Å². The number of unbranched alkanes of at least 4 members (excludes halogenated alkanes) is 3. The first-order valence-electron chi connectivity index (χ1n) is 6.93. The van der Waals surface area contributed by atoms with Crippen molar-refractivity contribution >= 4 is 18.0 Å². The molecule has 0 aromatic heterocycles. The van der Waals surface area contributed by atoms with Gasteiger partial charge in [-0.25, -0.2) is 0 Å². The predicted molar refractivity (Wildman–Crippen MR) is 80.2 cm³/mol. The Kier molecular flexibility index (Phi) is 7.83. The molecule has 0 N–H and O–H groups in total. The highest BCUT2D eigenvalue weighted by Crippen LogP contribution is 2.21. The van der Waals surface area contributed by atoms with Gasteiger partial charge in [0.15, 0.2) is 0 Å². The molecule has 1 atom stereocenters. The second-order valence-electron chi connectivity index (χ2n) is 4.87. The first kappa shape index (κ1) is 15.3. The minimum atomic E-state index is 0.123. The van der Waals surface area contributed by atoms with E-state index in [4.69, 9.17) is 0 Å². The Morgan fingerprint density at radius 2 is 1.89 bits per heavy atom. The molecule has 100 valence electrons. The fourth-order valence-corrected chi connectivity index (χ4v) is 2.77. The molecular weight excluding hydrogens is 240 g/mol. The van der Waals surface area contributed by atoms with Crippen molar-refractivity contribution in [3.05, 3.63) is 29.8 Å². The largest absolute Gasteiger partial charge is 0.303 e. The fourth-order valence-electron chi connectivity index (χ4n) is 1.86. The van der Waals surface area contributed by atoms with Crippen molar-refractivity contribution < 1.29 is 4.79 Å². The third kappa shape index (κ3) is 6.25. The minimum Gasteiger partial charge on any atom is -0.303 e. The molecule has 0 aliphatic heterocycles. The Labute approximate surface area is 115 Å². The molecule has 1 unspecified atom stereocenters. The van der Waals surface area contributed by atoms with Crippen LogP contribution in [0.1, 0.15) is 45.1 Å². The Bertz CT molecular complexity index is 331. The summed E-state index contributed by atoms with van der Waals surface area (Å²) in [5.74, 6) is 1.34. The van der Waals surface area contributed by atoms with Crippen LogP contribution < -0.4 is 0 Å². The van der Waals surface area contributed by atoms with Crippen LogP contribution in [-0.2, 0) is 11.2 Å². The SMILES string of the molecule is CCCCCCSc1ccc(CC(C)C=O)cc1. The van der Waals surface area contributed by atoms with E-state index in [0.29, 0.717) is 0 Å². The van der Waals surface area contributed by atoms with E-state index in [9.17, 15) is 4.79 Å². The number of thioether (sulfide) groups is 1. The van der Waals surface area contributed by atoms with Crippen LogP contribution in [0.25, 0.3) is 0 Å². The monoisotopic (exact) mass is 264 g/mol. The van der Waals surface area contributed by atoms with Crippen LogP contribution in [-0.4, -0.2) is 12.0 Å². The average Bonchev–Trinajstić information content (AvgIpc) is 2.40. The number of hydrogen-bond donors (Lipinski definition) is 0.